The van der Waals surface area contributed by atoms with Crippen molar-refractivity contribution >= 4 is 21.6 Å². The molecule has 1 aromatic carbocycles. The normalized spacial score (nSPS) is 11.4. The summed E-state index contributed by atoms with van der Waals surface area (Å²) < 4.78 is 31.5. The number of carbonyl (C=O) groups excluding carboxylic acids is 1. The molecule has 118 valence electrons. The Balaban J connectivity index is 2.76. The number of nitrogens with two attached hydrogens (primary N) is 1. The predicted octanol–water partition coefficient (Wildman–Crippen LogP) is 0.328. The molecule has 0 bridgehead atoms. The lowest BCUT2D eigenvalue weighted by molar-refractivity contribution is -0.120. The minimum absolute atomic E-state index is 0.0594. The number of anilines is 1. The molecule has 0 saturated carbocycles. The third-order valence-corrected chi connectivity index (χ3v) is 4.05. The first-order valence-electron chi connectivity index (χ1n) is 6.46. The van der Waals surface area contributed by atoms with Crippen LogP contribution in [0.5, 0.6) is 5.75 Å². The molecule has 0 heterocycles. The van der Waals surface area contributed by atoms with Gasteiger partial charge in [-0.05, 0) is 18.1 Å². The largest absolute Gasteiger partial charge is 0.495 e. The van der Waals surface area contributed by atoms with Gasteiger partial charge in [0.2, 0.25) is 15.9 Å². The minimum Gasteiger partial charge on any atom is -0.495 e. The fourth-order valence-electron chi connectivity index (χ4n) is 1.52. The molecule has 21 heavy (non-hydrogen) atoms. The lowest BCUT2D eigenvalue weighted by Crippen LogP contribution is -2.38. The van der Waals surface area contributed by atoms with Gasteiger partial charge >= 0.3 is 0 Å². The molecule has 1 rings (SSSR count). The van der Waals surface area contributed by atoms with Gasteiger partial charge in [-0.3, -0.25) is 4.79 Å². The summed E-state index contributed by atoms with van der Waals surface area (Å²) in [6.45, 7) is 4.06. The molecule has 8 heteroatoms. The Labute approximate surface area is 124 Å². The van der Waals surface area contributed by atoms with Gasteiger partial charge in [0.15, 0.2) is 0 Å². The second-order valence-electron chi connectivity index (χ2n) is 4.93. The number of ether oxygens (including phenoxy) is 1. The van der Waals surface area contributed by atoms with Crippen molar-refractivity contribution in [3.63, 3.8) is 0 Å². The predicted molar refractivity (Wildman–Crippen MR) is 80.4 cm³/mol. The molecule has 0 unspecified atom stereocenters. The van der Waals surface area contributed by atoms with Crippen LogP contribution >= 0.6 is 0 Å². The van der Waals surface area contributed by atoms with Crippen molar-refractivity contribution in [2.24, 2.45) is 5.92 Å². The zero-order chi connectivity index (χ0) is 16.0. The SMILES string of the molecule is COc1cc(N)ccc1S(=O)(=O)NCC(=O)NCC(C)C. The molecule has 0 aliphatic carbocycles. The molecule has 0 radical (unpaired) electrons. The van der Waals surface area contributed by atoms with Gasteiger partial charge in [0.25, 0.3) is 0 Å². The molecule has 0 saturated heterocycles. The highest BCUT2D eigenvalue weighted by Crippen LogP contribution is 2.25. The first-order chi connectivity index (χ1) is 9.76. The number of sulfonamides is 1. The quantitative estimate of drug-likeness (QED) is 0.628. The molecule has 7 nitrogen and oxygen atoms in total. The third-order valence-electron chi connectivity index (χ3n) is 2.61. The van der Waals surface area contributed by atoms with E-state index in [2.05, 4.69) is 10.0 Å². The summed E-state index contributed by atoms with van der Waals surface area (Å²) in [5.41, 5.74) is 5.97. The molecule has 1 aromatic rings. The van der Waals surface area contributed by atoms with Crippen molar-refractivity contribution in [1.82, 2.24) is 10.0 Å². The number of hydrogen-bond donors (Lipinski definition) is 3. The lowest BCUT2D eigenvalue weighted by atomic mass is 10.2. The van der Waals surface area contributed by atoms with E-state index in [-0.39, 0.29) is 23.1 Å². The fraction of sp³-hybridized carbons (Fsp3) is 0.462. The molecule has 0 aliphatic rings. The van der Waals surface area contributed by atoms with Crippen LogP contribution < -0.4 is 20.5 Å². The monoisotopic (exact) mass is 315 g/mol. The van der Waals surface area contributed by atoms with Crippen molar-refractivity contribution < 1.29 is 17.9 Å². The van der Waals surface area contributed by atoms with Gasteiger partial charge in [-0.2, -0.15) is 0 Å². The Morgan fingerprint density at radius 2 is 2.05 bits per heavy atom. The van der Waals surface area contributed by atoms with Crippen LogP contribution in [0.25, 0.3) is 0 Å². The van der Waals surface area contributed by atoms with E-state index in [0.29, 0.717) is 18.2 Å². The smallest absolute Gasteiger partial charge is 0.244 e. The van der Waals surface area contributed by atoms with Crippen molar-refractivity contribution in [2.75, 3.05) is 25.9 Å². The number of hydrogen-bond acceptors (Lipinski definition) is 5. The summed E-state index contributed by atoms with van der Waals surface area (Å²) in [6, 6.07) is 4.20. The maximum atomic E-state index is 12.2. The second kappa shape index (κ2) is 7.28. The second-order valence-corrected chi connectivity index (χ2v) is 6.67. The molecule has 4 N–H and O–H groups in total. The summed E-state index contributed by atoms with van der Waals surface area (Å²) in [7, 11) is -2.49. The zero-order valence-corrected chi connectivity index (χ0v) is 13.2. The van der Waals surface area contributed by atoms with Crippen LogP contribution in [0.1, 0.15) is 13.8 Å². The Hall–Kier alpha value is -1.80. The van der Waals surface area contributed by atoms with Crippen LogP contribution in [0.15, 0.2) is 23.1 Å². The van der Waals surface area contributed by atoms with E-state index in [1.165, 1.54) is 25.3 Å². The van der Waals surface area contributed by atoms with Crippen LogP contribution in [0.2, 0.25) is 0 Å². The van der Waals surface area contributed by atoms with Gasteiger partial charge < -0.3 is 15.8 Å². The summed E-state index contributed by atoms with van der Waals surface area (Å²) in [6.07, 6.45) is 0. The van der Waals surface area contributed by atoms with Gasteiger partial charge in [0, 0.05) is 18.3 Å². The van der Waals surface area contributed by atoms with Gasteiger partial charge in [0.05, 0.1) is 13.7 Å². The summed E-state index contributed by atoms with van der Waals surface area (Å²) >= 11 is 0. The Kier molecular flexibility index (Phi) is 5.98. The highest BCUT2D eigenvalue weighted by atomic mass is 32.2. The third kappa shape index (κ3) is 5.24. The number of rotatable bonds is 7. The number of amides is 1. The molecular formula is C13H21N3O4S. The van der Waals surface area contributed by atoms with Crippen molar-refractivity contribution in [1.29, 1.82) is 0 Å². The van der Waals surface area contributed by atoms with Gasteiger partial charge in [-0.25, -0.2) is 13.1 Å². The molecule has 0 aliphatic heterocycles. The average Bonchev–Trinajstić information content (AvgIpc) is 2.42. The molecule has 0 atom stereocenters. The highest BCUT2D eigenvalue weighted by molar-refractivity contribution is 7.89. The average molecular weight is 315 g/mol. The van der Waals surface area contributed by atoms with E-state index < -0.39 is 10.0 Å². The van der Waals surface area contributed by atoms with Gasteiger partial charge in [-0.1, -0.05) is 13.8 Å². The van der Waals surface area contributed by atoms with Crippen molar-refractivity contribution in [3.8, 4) is 5.75 Å². The van der Waals surface area contributed by atoms with E-state index in [1.807, 2.05) is 13.8 Å². The fourth-order valence-corrected chi connectivity index (χ4v) is 2.66. The van der Waals surface area contributed by atoms with Crippen LogP contribution in [0.4, 0.5) is 5.69 Å². The van der Waals surface area contributed by atoms with Crippen LogP contribution in [-0.4, -0.2) is 34.5 Å². The molecule has 0 spiro atoms. The van der Waals surface area contributed by atoms with E-state index in [0.717, 1.165) is 0 Å². The number of carbonyl (C=O) groups is 1. The number of methoxy groups -OCH3 is 1. The van der Waals surface area contributed by atoms with E-state index in [1.54, 1.807) is 0 Å². The van der Waals surface area contributed by atoms with Gasteiger partial charge in [-0.15, -0.1) is 0 Å². The number of nitrogens with one attached hydrogen (secondary N) is 2. The Morgan fingerprint density at radius 3 is 2.62 bits per heavy atom. The maximum Gasteiger partial charge on any atom is 0.244 e. The molecule has 0 fully saturated rings. The molecular weight excluding hydrogens is 294 g/mol. The van der Waals surface area contributed by atoms with Crippen LogP contribution in [-0.2, 0) is 14.8 Å². The maximum absolute atomic E-state index is 12.2. The standard InChI is InChI=1S/C13H21N3O4S/c1-9(2)7-15-13(17)8-16-21(18,19)12-5-4-10(14)6-11(12)20-3/h4-6,9,16H,7-8,14H2,1-3H3,(H,15,17). The van der Waals surface area contributed by atoms with E-state index in [4.69, 9.17) is 10.5 Å². The van der Waals surface area contributed by atoms with E-state index >= 15 is 0 Å². The lowest BCUT2D eigenvalue weighted by Gasteiger charge is -2.12. The number of benzene rings is 1. The van der Waals surface area contributed by atoms with E-state index in [9.17, 15) is 13.2 Å². The summed E-state index contributed by atoms with van der Waals surface area (Å²) in [5, 5.41) is 2.63. The van der Waals surface area contributed by atoms with Crippen molar-refractivity contribution in [2.45, 2.75) is 18.7 Å². The van der Waals surface area contributed by atoms with Crippen LogP contribution in [0.3, 0.4) is 0 Å². The summed E-state index contributed by atoms with van der Waals surface area (Å²) in [4.78, 5) is 11.5. The Bertz CT molecular complexity index is 599. The molecule has 1 amide bonds. The minimum atomic E-state index is -3.84. The number of nitrogen functional groups attached to an aromatic ring is 1. The van der Waals surface area contributed by atoms with Crippen LogP contribution in [0, 0.1) is 5.92 Å². The molecule has 0 aromatic heterocycles. The first-order valence-corrected chi connectivity index (χ1v) is 7.94. The topological polar surface area (TPSA) is 111 Å². The highest BCUT2D eigenvalue weighted by Gasteiger charge is 2.20. The zero-order valence-electron chi connectivity index (χ0n) is 12.3. The van der Waals surface area contributed by atoms with Gasteiger partial charge in [0.1, 0.15) is 10.6 Å². The summed E-state index contributed by atoms with van der Waals surface area (Å²) in [5.74, 6) is 0.0366. The first kappa shape index (κ1) is 17.3. The van der Waals surface area contributed by atoms with Crippen molar-refractivity contribution in [3.05, 3.63) is 18.2 Å². The Morgan fingerprint density at radius 1 is 1.38 bits per heavy atom.